The zero-order valence-electron chi connectivity index (χ0n) is 12.5. The number of carbonyl (C=O) groups is 1. The van der Waals surface area contributed by atoms with Crippen LogP contribution in [0.2, 0.25) is 0 Å². The Morgan fingerprint density at radius 1 is 1.43 bits per heavy atom. The van der Waals surface area contributed by atoms with Crippen molar-refractivity contribution in [3.8, 4) is 5.75 Å². The highest BCUT2D eigenvalue weighted by Crippen LogP contribution is 2.25. The number of rotatable bonds is 4. The molecular weight excluding hydrogens is 266 g/mol. The van der Waals surface area contributed by atoms with Gasteiger partial charge < -0.3 is 15.4 Å². The van der Waals surface area contributed by atoms with Gasteiger partial charge in [0.1, 0.15) is 5.75 Å². The second kappa shape index (κ2) is 6.45. The van der Waals surface area contributed by atoms with Crippen LogP contribution < -0.4 is 15.4 Å². The summed E-state index contributed by atoms with van der Waals surface area (Å²) in [5.74, 6) is 1.43. The number of fused-ring (bicyclic) bond motifs is 1. The first-order chi connectivity index (χ1) is 10.3. The number of nitrogens with one attached hydrogen (secondary N) is 2. The minimum absolute atomic E-state index is 0.0261. The summed E-state index contributed by atoms with van der Waals surface area (Å²) in [5, 5.41) is 6.50. The van der Waals surface area contributed by atoms with Crippen LogP contribution in [0.5, 0.6) is 5.75 Å². The van der Waals surface area contributed by atoms with Crippen molar-refractivity contribution in [1.29, 1.82) is 0 Å². The summed E-state index contributed by atoms with van der Waals surface area (Å²) in [7, 11) is 1.61. The van der Waals surface area contributed by atoms with E-state index in [4.69, 9.17) is 4.74 Å². The number of amides is 1. The van der Waals surface area contributed by atoms with Gasteiger partial charge in [-0.1, -0.05) is 12.1 Å². The molecule has 2 aliphatic heterocycles. The summed E-state index contributed by atoms with van der Waals surface area (Å²) in [6.45, 7) is 3.57. The Balaban J connectivity index is 1.55. The Morgan fingerprint density at radius 2 is 2.29 bits per heavy atom. The Hall–Kier alpha value is -1.59. The third kappa shape index (κ3) is 3.36. The highest BCUT2D eigenvalue weighted by Gasteiger charge is 2.34. The van der Waals surface area contributed by atoms with Crippen molar-refractivity contribution in [2.75, 3.05) is 38.6 Å². The van der Waals surface area contributed by atoms with E-state index in [-0.39, 0.29) is 5.91 Å². The number of hydrogen-bond donors (Lipinski definition) is 2. The van der Waals surface area contributed by atoms with Crippen LogP contribution in [-0.4, -0.2) is 50.1 Å². The van der Waals surface area contributed by atoms with Crippen LogP contribution >= 0.6 is 0 Å². The minimum atomic E-state index is 0.0261. The highest BCUT2D eigenvalue weighted by atomic mass is 16.5. The lowest BCUT2D eigenvalue weighted by Gasteiger charge is -2.24. The molecular formula is C16H23N3O2. The van der Waals surface area contributed by atoms with E-state index in [1.54, 1.807) is 7.11 Å². The predicted octanol–water partition coefficient (Wildman–Crippen LogP) is 1.32. The third-order valence-corrected chi connectivity index (χ3v) is 4.42. The van der Waals surface area contributed by atoms with Gasteiger partial charge >= 0.3 is 0 Å². The van der Waals surface area contributed by atoms with E-state index in [1.165, 1.54) is 12.8 Å². The van der Waals surface area contributed by atoms with Crippen LogP contribution in [0.3, 0.4) is 0 Å². The Morgan fingerprint density at radius 3 is 3.10 bits per heavy atom. The van der Waals surface area contributed by atoms with E-state index < -0.39 is 0 Å². The Labute approximate surface area is 125 Å². The summed E-state index contributed by atoms with van der Waals surface area (Å²) < 4.78 is 5.26. The molecule has 2 heterocycles. The maximum atomic E-state index is 12.2. The number of carbonyl (C=O) groups excluding carboxylic acids is 1. The molecule has 5 heteroatoms. The van der Waals surface area contributed by atoms with E-state index >= 15 is 0 Å². The van der Waals surface area contributed by atoms with Gasteiger partial charge in [0.15, 0.2) is 0 Å². The molecule has 1 aromatic carbocycles. The van der Waals surface area contributed by atoms with Crippen LogP contribution in [0.15, 0.2) is 24.3 Å². The van der Waals surface area contributed by atoms with Crippen LogP contribution in [-0.2, 0) is 4.79 Å². The normalized spacial score (nSPS) is 25.4. The zero-order valence-corrected chi connectivity index (χ0v) is 12.5. The first-order valence-electron chi connectivity index (χ1n) is 7.65. The SMILES string of the molecule is COc1ccccc1NC(=O)CN1CC2CCCNC2C1. The molecule has 2 atom stereocenters. The number of anilines is 1. The number of para-hydroxylation sites is 2. The number of benzene rings is 1. The lowest BCUT2D eigenvalue weighted by molar-refractivity contribution is -0.117. The lowest BCUT2D eigenvalue weighted by atomic mass is 9.94. The maximum absolute atomic E-state index is 12.2. The van der Waals surface area contributed by atoms with Gasteiger partial charge in [-0.25, -0.2) is 0 Å². The molecule has 21 heavy (non-hydrogen) atoms. The van der Waals surface area contributed by atoms with Crippen LogP contribution in [0.25, 0.3) is 0 Å². The monoisotopic (exact) mass is 289 g/mol. The van der Waals surface area contributed by atoms with E-state index in [0.717, 1.165) is 25.3 Å². The molecule has 2 unspecified atom stereocenters. The molecule has 0 aliphatic carbocycles. The fourth-order valence-electron chi connectivity index (χ4n) is 3.41. The molecule has 2 N–H and O–H groups in total. The molecule has 0 saturated carbocycles. The zero-order chi connectivity index (χ0) is 14.7. The van der Waals surface area contributed by atoms with E-state index in [2.05, 4.69) is 15.5 Å². The molecule has 0 spiro atoms. The van der Waals surface area contributed by atoms with Gasteiger partial charge in [-0.3, -0.25) is 9.69 Å². The van der Waals surface area contributed by atoms with Crippen LogP contribution in [0.4, 0.5) is 5.69 Å². The fourth-order valence-corrected chi connectivity index (χ4v) is 3.41. The summed E-state index contributed by atoms with van der Waals surface area (Å²) >= 11 is 0. The minimum Gasteiger partial charge on any atom is -0.495 e. The number of likely N-dealkylation sites (tertiary alicyclic amines) is 1. The first-order valence-corrected chi connectivity index (χ1v) is 7.65. The molecule has 2 fully saturated rings. The molecule has 2 aliphatic rings. The topological polar surface area (TPSA) is 53.6 Å². The molecule has 0 bridgehead atoms. The summed E-state index contributed by atoms with van der Waals surface area (Å²) in [6.07, 6.45) is 2.53. The maximum Gasteiger partial charge on any atom is 0.238 e. The molecule has 1 amide bonds. The molecule has 114 valence electrons. The lowest BCUT2D eigenvalue weighted by Crippen LogP contribution is -2.41. The van der Waals surface area contributed by atoms with E-state index in [1.807, 2.05) is 24.3 Å². The van der Waals surface area contributed by atoms with Crippen molar-refractivity contribution in [1.82, 2.24) is 10.2 Å². The fraction of sp³-hybridized carbons (Fsp3) is 0.562. The van der Waals surface area contributed by atoms with Gasteiger partial charge in [0, 0.05) is 19.1 Å². The van der Waals surface area contributed by atoms with Gasteiger partial charge in [0.2, 0.25) is 5.91 Å². The van der Waals surface area contributed by atoms with Crippen molar-refractivity contribution < 1.29 is 9.53 Å². The quantitative estimate of drug-likeness (QED) is 0.878. The van der Waals surface area contributed by atoms with Gasteiger partial charge in [-0.15, -0.1) is 0 Å². The average Bonchev–Trinajstić information content (AvgIpc) is 2.89. The van der Waals surface area contributed by atoms with E-state index in [0.29, 0.717) is 24.3 Å². The smallest absolute Gasteiger partial charge is 0.238 e. The number of methoxy groups -OCH3 is 1. The van der Waals surface area contributed by atoms with Crippen molar-refractivity contribution in [3.05, 3.63) is 24.3 Å². The summed E-state index contributed by atoms with van der Waals surface area (Å²) in [4.78, 5) is 14.5. The van der Waals surface area contributed by atoms with Crippen molar-refractivity contribution in [2.45, 2.75) is 18.9 Å². The van der Waals surface area contributed by atoms with E-state index in [9.17, 15) is 4.79 Å². The third-order valence-electron chi connectivity index (χ3n) is 4.42. The first kappa shape index (κ1) is 14.4. The summed E-state index contributed by atoms with van der Waals surface area (Å²) in [5.41, 5.74) is 0.736. The highest BCUT2D eigenvalue weighted by molar-refractivity contribution is 5.93. The number of ether oxygens (including phenoxy) is 1. The van der Waals surface area contributed by atoms with Crippen molar-refractivity contribution in [3.63, 3.8) is 0 Å². The van der Waals surface area contributed by atoms with Crippen molar-refractivity contribution in [2.24, 2.45) is 5.92 Å². The predicted molar refractivity (Wildman–Crippen MR) is 82.6 cm³/mol. The molecule has 5 nitrogen and oxygen atoms in total. The molecule has 3 rings (SSSR count). The molecule has 0 aromatic heterocycles. The second-order valence-electron chi connectivity index (χ2n) is 5.91. The Kier molecular flexibility index (Phi) is 4.41. The number of piperidine rings is 1. The standard InChI is InChI=1S/C16H23N3O2/c1-21-15-7-3-2-6-13(15)18-16(20)11-19-9-12-5-4-8-17-14(12)10-19/h2-3,6-7,12,14,17H,4-5,8-11H2,1H3,(H,18,20). The molecule has 1 aromatic rings. The summed E-state index contributed by atoms with van der Waals surface area (Å²) in [6, 6.07) is 8.07. The van der Waals surface area contributed by atoms with Gasteiger partial charge in [-0.05, 0) is 37.4 Å². The van der Waals surface area contributed by atoms with Crippen LogP contribution in [0, 0.1) is 5.92 Å². The number of nitrogens with zero attached hydrogens (tertiary/aromatic N) is 1. The van der Waals surface area contributed by atoms with Crippen LogP contribution in [0.1, 0.15) is 12.8 Å². The molecule has 2 saturated heterocycles. The van der Waals surface area contributed by atoms with Gasteiger partial charge in [0.05, 0.1) is 19.3 Å². The van der Waals surface area contributed by atoms with Gasteiger partial charge in [-0.2, -0.15) is 0 Å². The molecule has 0 radical (unpaired) electrons. The van der Waals surface area contributed by atoms with Crippen molar-refractivity contribution >= 4 is 11.6 Å². The Bertz CT molecular complexity index is 492. The van der Waals surface area contributed by atoms with Gasteiger partial charge in [0.25, 0.3) is 0 Å². The number of hydrogen-bond acceptors (Lipinski definition) is 4. The second-order valence-corrected chi connectivity index (χ2v) is 5.91. The largest absolute Gasteiger partial charge is 0.495 e. The average molecular weight is 289 g/mol.